The van der Waals surface area contributed by atoms with Crippen molar-refractivity contribution >= 4 is 35.5 Å². The molecule has 0 aliphatic carbocycles. The number of nitrogens with zero attached hydrogens (tertiary/aromatic N) is 1. The number of carbonyl (C=O) groups excluding carboxylic acids is 2. The van der Waals surface area contributed by atoms with Crippen LogP contribution >= 0.6 is 24.4 Å². The molecule has 1 heterocycles. The largest absolute Gasteiger partial charge is 0.288 e. The average molecular weight is 247 g/mol. The van der Waals surface area contributed by atoms with Crippen molar-refractivity contribution < 1.29 is 9.59 Å². The van der Waals surface area contributed by atoms with Crippen LogP contribution in [0.5, 0.6) is 0 Å². The molecule has 15 heavy (non-hydrogen) atoms. The van der Waals surface area contributed by atoms with Gasteiger partial charge in [0.25, 0.3) is 5.24 Å². The average Bonchev–Trinajstić information content (AvgIpc) is 2.17. The van der Waals surface area contributed by atoms with E-state index in [-0.39, 0.29) is 11.1 Å². The SMILES string of the molecule is CC(CCS)CCN1C(=O)CCSC1=O. The fourth-order valence-corrected chi connectivity index (χ4v) is 2.71. The van der Waals surface area contributed by atoms with Gasteiger partial charge in [-0.2, -0.15) is 12.6 Å². The van der Waals surface area contributed by atoms with Gasteiger partial charge in [-0.3, -0.25) is 14.5 Å². The molecule has 0 bridgehead atoms. The van der Waals surface area contributed by atoms with Crippen molar-refractivity contribution in [3.8, 4) is 0 Å². The second-order valence-corrected chi connectivity index (χ2v) is 5.31. The highest BCUT2D eigenvalue weighted by molar-refractivity contribution is 8.13. The molecule has 5 heteroatoms. The van der Waals surface area contributed by atoms with Crippen LogP contribution < -0.4 is 0 Å². The third-order valence-corrected chi connectivity index (χ3v) is 3.66. The van der Waals surface area contributed by atoms with E-state index in [2.05, 4.69) is 19.6 Å². The van der Waals surface area contributed by atoms with Crippen LogP contribution in [0, 0.1) is 5.92 Å². The summed E-state index contributed by atoms with van der Waals surface area (Å²) >= 11 is 5.41. The summed E-state index contributed by atoms with van der Waals surface area (Å²) in [5.41, 5.74) is 0. The van der Waals surface area contributed by atoms with Gasteiger partial charge in [-0.05, 0) is 24.5 Å². The zero-order valence-electron chi connectivity index (χ0n) is 8.94. The lowest BCUT2D eigenvalue weighted by Gasteiger charge is -2.25. The van der Waals surface area contributed by atoms with E-state index in [1.165, 1.54) is 16.7 Å². The Labute approximate surface area is 100 Å². The van der Waals surface area contributed by atoms with E-state index in [0.29, 0.717) is 24.6 Å². The number of hydrogen-bond acceptors (Lipinski definition) is 4. The summed E-state index contributed by atoms with van der Waals surface area (Å²) in [6.07, 6.45) is 2.42. The fraction of sp³-hybridized carbons (Fsp3) is 0.800. The summed E-state index contributed by atoms with van der Waals surface area (Å²) < 4.78 is 0. The molecular weight excluding hydrogens is 230 g/mol. The van der Waals surface area contributed by atoms with Crippen molar-refractivity contribution in [3.05, 3.63) is 0 Å². The summed E-state index contributed by atoms with van der Waals surface area (Å²) in [7, 11) is 0. The second-order valence-electron chi connectivity index (χ2n) is 3.82. The van der Waals surface area contributed by atoms with Gasteiger partial charge in [0.05, 0.1) is 0 Å². The zero-order chi connectivity index (χ0) is 11.3. The standard InChI is InChI=1S/C10H17NO2S2/c1-8(3-6-14)2-5-11-9(12)4-7-15-10(11)13/h8,14H,2-7H2,1H3. The summed E-state index contributed by atoms with van der Waals surface area (Å²) in [5.74, 6) is 2.00. The van der Waals surface area contributed by atoms with Crippen molar-refractivity contribution in [2.75, 3.05) is 18.1 Å². The molecule has 1 fully saturated rings. The van der Waals surface area contributed by atoms with E-state index in [1.54, 1.807) is 0 Å². The zero-order valence-corrected chi connectivity index (χ0v) is 10.7. The maximum absolute atomic E-state index is 11.5. The first kappa shape index (κ1) is 12.9. The summed E-state index contributed by atoms with van der Waals surface area (Å²) in [6.45, 7) is 2.70. The minimum absolute atomic E-state index is 0.0168. The van der Waals surface area contributed by atoms with Gasteiger partial charge in [0, 0.05) is 18.7 Å². The smallest absolute Gasteiger partial charge is 0.274 e. The van der Waals surface area contributed by atoms with Crippen LogP contribution in [0.25, 0.3) is 0 Å². The normalized spacial score (nSPS) is 19.5. The Balaban J connectivity index is 2.35. The quantitative estimate of drug-likeness (QED) is 0.758. The number of rotatable bonds is 5. The van der Waals surface area contributed by atoms with Crippen molar-refractivity contribution in [2.24, 2.45) is 5.92 Å². The van der Waals surface area contributed by atoms with Gasteiger partial charge >= 0.3 is 0 Å². The molecule has 3 nitrogen and oxygen atoms in total. The molecule has 86 valence electrons. The Morgan fingerprint density at radius 3 is 2.80 bits per heavy atom. The van der Waals surface area contributed by atoms with E-state index in [4.69, 9.17) is 0 Å². The Kier molecular flexibility index (Phi) is 5.53. The fourth-order valence-electron chi connectivity index (χ4n) is 1.47. The molecule has 0 spiro atoms. The van der Waals surface area contributed by atoms with Gasteiger partial charge in [0.2, 0.25) is 5.91 Å². The number of carbonyl (C=O) groups is 2. The van der Waals surface area contributed by atoms with Crippen molar-refractivity contribution in [1.29, 1.82) is 0 Å². The van der Waals surface area contributed by atoms with E-state index in [1.807, 2.05) is 0 Å². The number of amides is 2. The first-order chi connectivity index (χ1) is 7.15. The predicted octanol–water partition coefficient (Wildman–Crippen LogP) is 2.42. The van der Waals surface area contributed by atoms with Gasteiger partial charge in [0.1, 0.15) is 0 Å². The van der Waals surface area contributed by atoms with Gasteiger partial charge in [0.15, 0.2) is 0 Å². The Hall–Kier alpha value is -0.160. The maximum Gasteiger partial charge on any atom is 0.288 e. The molecule has 1 atom stereocenters. The topological polar surface area (TPSA) is 37.4 Å². The number of hydrogen-bond donors (Lipinski definition) is 1. The van der Waals surface area contributed by atoms with Crippen molar-refractivity contribution in [1.82, 2.24) is 4.90 Å². The van der Waals surface area contributed by atoms with E-state index >= 15 is 0 Å². The third-order valence-electron chi connectivity index (χ3n) is 2.53. The molecule has 0 saturated carbocycles. The molecular formula is C10H17NO2S2. The maximum atomic E-state index is 11.5. The lowest BCUT2D eigenvalue weighted by Crippen LogP contribution is -2.39. The highest BCUT2D eigenvalue weighted by Crippen LogP contribution is 2.20. The van der Waals surface area contributed by atoms with Gasteiger partial charge in [-0.1, -0.05) is 18.7 Å². The highest BCUT2D eigenvalue weighted by Gasteiger charge is 2.26. The Morgan fingerprint density at radius 1 is 1.47 bits per heavy atom. The number of thiol groups is 1. The molecule has 0 aromatic carbocycles. The van der Waals surface area contributed by atoms with Crippen LogP contribution in [-0.4, -0.2) is 34.1 Å². The summed E-state index contributed by atoms with van der Waals surface area (Å²) in [5, 5.41) is -0.0793. The van der Waals surface area contributed by atoms with Crippen LogP contribution in [0.3, 0.4) is 0 Å². The number of imide groups is 1. The first-order valence-electron chi connectivity index (χ1n) is 5.23. The lowest BCUT2D eigenvalue weighted by molar-refractivity contribution is -0.127. The predicted molar refractivity (Wildman–Crippen MR) is 66.4 cm³/mol. The number of thioether (sulfide) groups is 1. The van der Waals surface area contributed by atoms with Crippen molar-refractivity contribution in [3.63, 3.8) is 0 Å². The minimum atomic E-state index is -0.0793. The molecule has 1 aliphatic heterocycles. The van der Waals surface area contributed by atoms with E-state index in [9.17, 15) is 9.59 Å². The van der Waals surface area contributed by atoms with Crippen LogP contribution in [0.1, 0.15) is 26.2 Å². The molecule has 1 saturated heterocycles. The monoisotopic (exact) mass is 247 g/mol. The van der Waals surface area contributed by atoms with Crippen molar-refractivity contribution in [2.45, 2.75) is 26.2 Å². The molecule has 1 rings (SSSR count). The van der Waals surface area contributed by atoms with Crippen LogP contribution in [0.2, 0.25) is 0 Å². The van der Waals surface area contributed by atoms with Gasteiger partial charge < -0.3 is 0 Å². The van der Waals surface area contributed by atoms with Gasteiger partial charge in [-0.25, -0.2) is 0 Å². The molecule has 1 unspecified atom stereocenters. The van der Waals surface area contributed by atoms with Gasteiger partial charge in [-0.15, -0.1) is 0 Å². The molecule has 0 N–H and O–H groups in total. The molecule has 0 aromatic rings. The first-order valence-corrected chi connectivity index (χ1v) is 6.85. The summed E-state index contributed by atoms with van der Waals surface area (Å²) in [4.78, 5) is 24.3. The second kappa shape index (κ2) is 6.43. The lowest BCUT2D eigenvalue weighted by atomic mass is 10.1. The van der Waals surface area contributed by atoms with E-state index in [0.717, 1.165) is 18.6 Å². The van der Waals surface area contributed by atoms with Crippen LogP contribution in [-0.2, 0) is 4.79 Å². The minimum Gasteiger partial charge on any atom is -0.274 e. The molecule has 0 radical (unpaired) electrons. The molecule has 0 aromatic heterocycles. The van der Waals surface area contributed by atoms with Crippen LogP contribution in [0.15, 0.2) is 0 Å². The Bertz CT molecular complexity index is 230. The van der Waals surface area contributed by atoms with Crippen LogP contribution in [0.4, 0.5) is 4.79 Å². The van der Waals surface area contributed by atoms with E-state index < -0.39 is 0 Å². The highest BCUT2D eigenvalue weighted by atomic mass is 32.2. The Morgan fingerprint density at radius 2 is 2.20 bits per heavy atom. The molecule has 2 amide bonds. The summed E-state index contributed by atoms with van der Waals surface area (Å²) in [6, 6.07) is 0. The third kappa shape index (κ3) is 4.07. The molecule has 1 aliphatic rings.